The summed E-state index contributed by atoms with van der Waals surface area (Å²) in [5.41, 5.74) is 8.20. The van der Waals surface area contributed by atoms with Gasteiger partial charge in [0.15, 0.2) is 11.3 Å². The van der Waals surface area contributed by atoms with E-state index in [0.29, 0.717) is 40.6 Å². The topological polar surface area (TPSA) is 293 Å². The highest BCUT2D eigenvalue weighted by Gasteiger charge is 2.23. The van der Waals surface area contributed by atoms with E-state index in [4.69, 9.17) is 133 Å². The molecule has 0 unspecified atom stereocenters. The van der Waals surface area contributed by atoms with Crippen molar-refractivity contribution < 1.29 is 23.9 Å². The Morgan fingerprint density at radius 3 is 1.47 bits per heavy atom. The van der Waals surface area contributed by atoms with Gasteiger partial charge in [-0.3, -0.25) is 29.5 Å². The lowest BCUT2D eigenvalue weighted by Gasteiger charge is -2.19. The van der Waals surface area contributed by atoms with Crippen LogP contribution in [-0.2, 0) is 9.53 Å². The number of benzene rings is 3. The Kier molecular flexibility index (Phi) is 34.5. The second kappa shape index (κ2) is 39.6. The lowest BCUT2D eigenvalue weighted by molar-refractivity contribution is -0.138. The van der Waals surface area contributed by atoms with Crippen LogP contribution in [0.3, 0.4) is 0 Å². The molecule has 10 rings (SSSR count). The minimum Gasteiger partial charge on any atom is -0.462 e. The molecule has 0 saturated carbocycles. The molecule has 0 aliphatic carbocycles. The van der Waals surface area contributed by atoms with E-state index in [1.54, 1.807) is 24.3 Å². The number of nitrogens with one attached hydrogen (secondary N) is 5. The van der Waals surface area contributed by atoms with Crippen molar-refractivity contribution in [3.63, 3.8) is 0 Å². The van der Waals surface area contributed by atoms with Crippen LogP contribution in [0.25, 0.3) is 33.4 Å². The van der Waals surface area contributed by atoms with Gasteiger partial charge in [-0.05, 0) is 141 Å². The van der Waals surface area contributed by atoms with Crippen LogP contribution in [0.1, 0.15) is 132 Å². The number of amides is 4. The summed E-state index contributed by atoms with van der Waals surface area (Å²) in [6, 6.07) is 22.1. The Bertz CT molecular complexity index is 4670. The van der Waals surface area contributed by atoms with E-state index in [1.807, 2.05) is 98.7 Å². The van der Waals surface area contributed by atoms with Gasteiger partial charge in [0.25, 0.3) is 23.8 Å². The zero-order chi connectivity index (χ0) is 74.2. The maximum atomic E-state index is 12.6. The van der Waals surface area contributed by atoms with Crippen LogP contribution in [-0.4, -0.2) is 94.6 Å². The zero-order valence-electron chi connectivity index (χ0n) is 53.8. The van der Waals surface area contributed by atoms with E-state index >= 15 is 0 Å². The molecule has 4 amide bonds. The summed E-state index contributed by atoms with van der Waals surface area (Å²) in [7, 11) is 0. The summed E-state index contributed by atoms with van der Waals surface area (Å²) in [6.45, 7) is 23.6. The third-order valence-electron chi connectivity index (χ3n) is 13.3. The van der Waals surface area contributed by atoms with Crippen molar-refractivity contribution in [3.05, 3.63) is 208 Å². The van der Waals surface area contributed by atoms with E-state index in [0.717, 1.165) is 49.7 Å². The number of anilines is 1. The highest BCUT2D eigenvalue weighted by Crippen LogP contribution is 2.34. The molecule has 7 N–H and O–H groups in total. The van der Waals surface area contributed by atoms with Crippen LogP contribution < -0.4 is 43.9 Å². The van der Waals surface area contributed by atoms with Crippen molar-refractivity contribution in [1.82, 2.24) is 55.0 Å². The van der Waals surface area contributed by atoms with Crippen molar-refractivity contribution in [2.75, 3.05) is 25.0 Å². The fraction of sp³-hybridized carbons (Fsp3) is 0.292. The van der Waals surface area contributed by atoms with Crippen LogP contribution in [0.4, 0.5) is 10.5 Å². The molecule has 0 radical (unpaired) electrons. The van der Waals surface area contributed by atoms with Crippen LogP contribution in [0.2, 0.25) is 56.2 Å². The number of H-pyrrole nitrogens is 1. The molecule has 35 heteroatoms. The molecule has 6 aromatic heterocycles. The average molecular weight is 1790 g/mol. The molecular weight excluding hydrogens is 1720 g/mol. The van der Waals surface area contributed by atoms with Crippen molar-refractivity contribution in [1.29, 1.82) is 0 Å². The summed E-state index contributed by atoms with van der Waals surface area (Å²) in [6.07, 6.45) is 0. The summed E-state index contributed by atoms with van der Waals surface area (Å²) < 4.78 is 10.0. The molecule has 9 aromatic rings. The number of pyridine rings is 4. The SMILES string of the molecule is C.CC(C)(C)OC=O.CC(C)c1cc(Br)ccc1-n1c(=O)[nH]c(=O)c2cc(Cl)c(Cl)nc21.CC(C)c1cc(Br)ccc1-n1c(=O)nc(Cl)c2cc(Cl)c(Cl)nc21.CC(C)c1cc(Br)ccc1NC(=O)NC(=O)c1cc(Cl)c(Cl)nc1Cl.C[C@H]1CNCCN1.NC(=O)c1cc(Cl)c(Cl)nc1Cl. The van der Waals surface area contributed by atoms with Gasteiger partial charge >= 0.3 is 17.4 Å². The molecule has 1 atom stereocenters. The first kappa shape index (κ1) is 87.2. The predicted molar refractivity (Wildman–Crippen MR) is 417 cm³/mol. The van der Waals surface area contributed by atoms with E-state index in [9.17, 15) is 33.6 Å². The van der Waals surface area contributed by atoms with Crippen LogP contribution >= 0.6 is 175 Å². The smallest absolute Gasteiger partial charge is 0.355 e. The van der Waals surface area contributed by atoms with Gasteiger partial charge in [-0.2, -0.15) is 4.98 Å². The van der Waals surface area contributed by atoms with Gasteiger partial charge in [-0.15, -0.1) is 0 Å². The van der Waals surface area contributed by atoms with Gasteiger partial charge in [0.05, 0.1) is 53.4 Å². The van der Waals surface area contributed by atoms with Crippen molar-refractivity contribution in [2.24, 2.45) is 5.73 Å². The van der Waals surface area contributed by atoms with Gasteiger partial charge < -0.3 is 26.4 Å². The number of imide groups is 1. The molecule has 1 saturated heterocycles. The quantitative estimate of drug-likeness (QED) is 0.0445. The minimum absolute atomic E-state index is 0. The highest BCUT2D eigenvalue weighted by molar-refractivity contribution is 9.11. The number of nitrogens with zero attached hydrogens (tertiary/aromatic N) is 7. The molecule has 1 fully saturated rings. The molecule has 7 heterocycles. The Morgan fingerprint density at radius 1 is 0.590 bits per heavy atom. The molecule has 1 aliphatic rings. The number of carbonyl (C=O) groups is 4. The number of hydrogen-bond donors (Lipinski definition) is 6. The second-order valence-corrected chi connectivity index (χ2v) is 29.7. The standard InChI is InChI=1S/C16H13BrCl3N3O2.C16H11BrCl3N3O.C16H12BrCl2N3O2.C6H3Cl3N2O.C5H12N2.C5H10O2.CH4/c1-7(2)9-5-8(17)3-4-12(9)21-16(25)23-15(24)10-6-11(18)14(20)22-13(10)19;1-7(2)9-5-8(17)3-4-12(9)23-15-10(13(19)22-16(23)24)6-11(18)14(20)21-15;1-7(2)9-5-8(17)3-4-12(9)22-14-10(15(23)21-16(22)24)6-11(18)13(19)20-14;7-3-1-2(6(10)12)4(8)11-5(3)9;1-5-4-6-2-3-7-5;1-5(2,3)7-4-6;/h3-7H,1-2H3,(H2,21,23,24,25);3-7H,1-2H3;3-7H,1-2H3,(H,21,23,24);1H,(H2,10,12);5-7H,2-4H2,1H3;4H,1-3H3;1H4/t;;;;5-;;/m....0../s1. The normalized spacial score (nSPS) is 12.4. The highest BCUT2D eigenvalue weighted by atomic mass is 79.9. The first-order valence-corrected chi connectivity index (χ1v) is 35.6. The monoisotopic (exact) mass is 1780 g/mol. The fourth-order valence-corrected chi connectivity index (χ4v) is 11.7. The Balaban J connectivity index is 0.000000269. The number of hydrogen-bond acceptors (Lipinski definition) is 15. The second-order valence-electron chi connectivity index (χ2n) is 22.8. The van der Waals surface area contributed by atoms with Crippen LogP contribution in [0.15, 0.2) is 107 Å². The minimum atomic E-state index is -0.739. The number of urea groups is 1. The van der Waals surface area contributed by atoms with Gasteiger partial charge in [0.1, 0.15) is 41.7 Å². The molecule has 21 nitrogen and oxygen atoms in total. The zero-order valence-corrected chi connectivity index (χ0v) is 66.9. The summed E-state index contributed by atoms with van der Waals surface area (Å²) in [4.78, 5) is 104. The number of rotatable bonds is 9. The van der Waals surface area contributed by atoms with Gasteiger partial charge in [-0.25, -0.2) is 43.5 Å². The number of nitrogens with two attached hydrogens (primary N) is 1. The van der Waals surface area contributed by atoms with E-state index in [1.165, 1.54) is 27.3 Å². The number of primary amides is 1. The van der Waals surface area contributed by atoms with Crippen LogP contribution in [0, 0.1) is 0 Å². The summed E-state index contributed by atoms with van der Waals surface area (Å²) >= 11 is 74.5. The van der Waals surface area contributed by atoms with Gasteiger partial charge in [0, 0.05) is 44.8 Å². The first-order chi connectivity index (χ1) is 46.2. The maximum Gasteiger partial charge on any atom is 0.355 e. The van der Waals surface area contributed by atoms with Gasteiger partial charge in [0.2, 0.25) is 0 Å². The molecule has 536 valence electrons. The van der Waals surface area contributed by atoms with Crippen molar-refractivity contribution >= 4 is 227 Å². The third-order valence-corrected chi connectivity index (χ3v) is 18.3. The van der Waals surface area contributed by atoms with Crippen LogP contribution in [0.5, 0.6) is 0 Å². The Hall–Kier alpha value is -5.23. The van der Waals surface area contributed by atoms with Crippen molar-refractivity contribution in [3.8, 4) is 11.4 Å². The molecule has 1 aliphatic heterocycles. The largest absolute Gasteiger partial charge is 0.462 e. The molecular formula is C65H65Br3Cl11N13O8. The number of piperazine rings is 1. The summed E-state index contributed by atoms with van der Waals surface area (Å²) in [5.74, 6) is -0.924. The number of carbonyl (C=O) groups excluding carboxylic acids is 4. The molecule has 3 aromatic carbocycles. The van der Waals surface area contributed by atoms with E-state index in [2.05, 4.69) is 111 Å². The first-order valence-electron chi connectivity index (χ1n) is 29.1. The number of ether oxygens (including phenoxy) is 1. The van der Waals surface area contributed by atoms with E-state index < -0.39 is 34.8 Å². The lowest BCUT2D eigenvalue weighted by Crippen LogP contribution is -2.46. The molecule has 0 spiro atoms. The number of aromatic nitrogens is 8. The Morgan fingerprint density at radius 2 is 1.03 bits per heavy atom. The number of aromatic amines is 1. The Labute approximate surface area is 655 Å². The number of fused-ring (bicyclic) bond motifs is 2. The van der Waals surface area contributed by atoms with Gasteiger partial charge in [-0.1, -0.05) is 224 Å². The molecule has 0 bridgehead atoms. The summed E-state index contributed by atoms with van der Waals surface area (Å²) in [5, 5.41) is 12.7. The average Bonchev–Trinajstić information content (AvgIpc) is 0.762. The lowest BCUT2D eigenvalue weighted by atomic mass is 10.0. The number of halogens is 14. The molecule has 100 heavy (non-hydrogen) atoms. The maximum absolute atomic E-state index is 12.6. The van der Waals surface area contributed by atoms with Crippen molar-refractivity contribution in [2.45, 2.75) is 106 Å². The van der Waals surface area contributed by atoms with E-state index in [-0.39, 0.29) is 109 Å². The third kappa shape index (κ3) is 24.7. The predicted octanol–water partition coefficient (Wildman–Crippen LogP) is 19.1. The fourth-order valence-electron chi connectivity index (χ4n) is 8.61.